The van der Waals surface area contributed by atoms with Crippen molar-refractivity contribution in [2.75, 3.05) is 13.1 Å². The Morgan fingerprint density at radius 3 is 2.39 bits per heavy atom. The molecule has 5 nitrogen and oxygen atoms in total. The molecule has 1 fully saturated rings. The molecule has 2 aromatic rings. The molecular weight excluding hydrogens is 446 g/mol. The smallest absolute Gasteiger partial charge is 0.242 e. The second-order valence-corrected chi connectivity index (χ2v) is 10.3. The molecule has 0 aromatic heterocycles. The molecular formula is C31H41N3O2. The van der Waals surface area contributed by atoms with E-state index in [4.69, 9.17) is 0 Å². The molecule has 0 saturated carbocycles. The number of nitrogens with one attached hydrogen (secondary N) is 1. The van der Waals surface area contributed by atoms with Gasteiger partial charge in [-0.25, -0.2) is 0 Å². The van der Waals surface area contributed by atoms with E-state index in [1.165, 1.54) is 5.56 Å². The van der Waals surface area contributed by atoms with Crippen molar-refractivity contribution in [2.24, 2.45) is 5.92 Å². The summed E-state index contributed by atoms with van der Waals surface area (Å²) >= 11 is 0. The van der Waals surface area contributed by atoms with E-state index >= 15 is 0 Å². The van der Waals surface area contributed by atoms with Crippen LogP contribution in [0.1, 0.15) is 76.3 Å². The predicted octanol–water partition coefficient (Wildman–Crippen LogP) is 5.79. The van der Waals surface area contributed by atoms with E-state index in [1.54, 1.807) is 4.90 Å². The lowest BCUT2D eigenvalue weighted by molar-refractivity contribution is -0.138. The van der Waals surface area contributed by atoms with Crippen LogP contribution in [0.3, 0.4) is 0 Å². The maximum atomic E-state index is 13.0. The van der Waals surface area contributed by atoms with E-state index < -0.39 is 5.41 Å². The Labute approximate surface area is 216 Å². The van der Waals surface area contributed by atoms with Gasteiger partial charge in [-0.15, -0.1) is 0 Å². The highest BCUT2D eigenvalue weighted by atomic mass is 16.2. The molecule has 1 saturated heterocycles. The van der Waals surface area contributed by atoms with Crippen LogP contribution in [0.5, 0.6) is 0 Å². The minimum atomic E-state index is -0.541. The van der Waals surface area contributed by atoms with Gasteiger partial charge in [0.05, 0.1) is 11.5 Å². The fraction of sp³-hybridized carbons (Fsp3) is 0.516. The average Bonchev–Trinajstić information content (AvgIpc) is 3.40. The van der Waals surface area contributed by atoms with Gasteiger partial charge in [0, 0.05) is 19.5 Å². The zero-order valence-corrected chi connectivity index (χ0v) is 21.9. The maximum Gasteiger partial charge on any atom is 0.242 e. The molecule has 1 aliphatic heterocycles. The Hall–Kier alpha value is -3.13. The fourth-order valence-electron chi connectivity index (χ4n) is 5.34. The van der Waals surface area contributed by atoms with E-state index in [1.807, 2.05) is 36.4 Å². The first-order valence-electron chi connectivity index (χ1n) is 13.6. The Bertz CT molecular complexity index is 999. The number of likely N-dealkylation sites (tertiary alicyclic amines) is 1. The highest BCUT2D eigenvalue weighted by Gasteiger charge is 2.36. The second-order valence-electron chi connectivity index (χ2n) is 10.3. The number of carbonyl (C=O) groups excluding carboxylic acids is 2. The van der Waals surface area contributed by atoms with Crippen molar-refractivity contribution in [3.05, 3.63) is 71.8 Å². The van der Waals surface area contributed by atoms with Gasteiger partial charge in [-0.2, -0.15) is 5.26 Å². The van der Waals surface area contributed by atoms with E-state index in [-0.39, 0.29) is 23.8 Å². The Morgan fingerprint density at radius 2 is 1.72 bits per heavy atom. The topological polar surface area (TPSA) is 73.2 Å². The predicted molar refractivity (Wildman–Crippen MR) is 144 cm³/mol. The SMILES string of the molecule is CC(C)[C@@](C#N)(CCCCC(=O)N1CCC[C@@H]1C(=O)NCCCCc1ccccc1)c1ccccc1. The van der Waals surface area contributed by atoms with Gasteiger partial charge in [-0.05, 0) is 62.0 Å². The lowest BCUT2D eigenvalue weighted by Gasteiger charge is -2.31. The molecule has 192 valence electrons. The van der Waals surface area contributed by atoms with Crippen LogP contribution in [0, 0.1) is 17.2 Å². The number of hydrogen-bond acceptors (Lipinski definition) is 3. The molecule has 0 spiro atoms. The van der Waals surface area contributed by atoms with Crippen molar-refractivity contribution in [1.82, 2.24) is 10.2 Å². The van der Waals surface area contributed by atoms with Crippen molar-refractivity contribution in [2.45, 2.75) is 83.1 Å². The molecule has 1 aliphatic rings. The van der Waals surface area contributed by atoms with Gasteiger partial charge in [0.2, 0.25) is 11.8 Å². The third-order valence-corrected chi connectivity index (χ3v) is 7.60. The Kier molecular flexibility index (Phi) is 10.5. The molecule has 5 heteroatoms. The highest BCUT2D eigenvalue weighted by Crippen LogP contribution is 2.37. The summed E-state index contributed by atoms with van der Waals surface area (Å²) < 4.78 is 0. The van der Waals surface area contributed by atoms with Crippen LogP contribution >= 0.6 is 0 Å². The molecule has 3 rings (SSSR count). The summed E-state index contributed by atoms with van der Waals surface area (Å²) in [7, 11) is 0. The van der Waals surface area contributed by atoms with Gasteiger partial charge in [0.15, 0.2) is 0 Å². The van der Waals surface area contributed by atoms with E-state index in [2.05, 4.69) is 49.5 Å². The molecule has 2 amide bonds. The van der Waals surface area contributed by atoms with Crippen molar-refractivity contribution in [3.63, 3.8) is 0 Å². The van der Waals surface area contributed by atoms with E-state index in [0.717, 1.165) is 56.9 Å². The Morgan fingerprint density at radius 1 is 1.03 bits per heavy atom. The zero-order chi connectivity index (χ0) is 25.8. The summed E-state index contributed by atoms with van der Waals surface area (Å²) in [5, 5.41) is 13.1. The summed E-state index contributed by atoms with van der Waals surface area (Å²) in [6, 6.07) is 22.6. The van der Waals surface area contributed by atoms with Gasteiger partial charge in [0.25, 0.3) is 0 Å². The second kappa shape index (κ2) is 13.8. The standard InChI is InChI=1S/C31H41N3O2/c1-25(2)31(24-32,27-17-7-4-8-18-27)21-11-9-20-29(35)34-23-13-19-28(34)30(36)33-22-12-10-16-26-14-5-3-6-15-26/h3-8,14-15,17-18,25,28H,9-13,16,19-23H2,1-2H3,(H,33,36)/t28-,31+/m1/s1. The molecule has 0 aliphatic carbocycles. The summed E-state index contributed by atoms with van der Waals surface area (Å²) in [5.41, 5.74) is 1.83. The molecule has 2 aromatic carbocycles. The number of rotatable bonds is 13. The normalized spacial score (nSPS) is 16.9. The number of amides is 2. The molecule has 0 bridgehead atoms. The van der Waals surface area contributed by atoms with Gasteiger partial charge in [-0.3, -0.25) is 9.59 Å². The van der Waals surface area contributed by atoms with Crippen molar-refractivity contribution >= 4 is 11.8 Å². The third-order valence-electron chi connectivity index (χ3n) is 7.60. The Balaban J connectivity index is 1.41. The lowest BCUT2D eigenvalue weighted by Crippen LogP contribution is -2.46. The van der Waals surface area contributed by atoms with Crippen molar-refractivity contribution in [3.8, 4) is 6.07 Å². The monoisotopic (exact) mass is 487 g/mol. The van der Waals surface area contributed by atoms with Gasteiger partial charge >= 0.3 is 0 Å². The fourth-order valence-corrected chi connectivity index (χ4v) is 5.34. The third kappa shape index (κ3) is 7.20. The van der Waals surface area contributed by atoms with Crippen LogP contribution in [0.2, 0.25) is 0 Å². The molecule has 0 radical (unpaired) electrons. The first kappa shape index (κ1) is 27.5. The number of benzene rings is 2. The van der Waals surface area contributed by atoms with Crippen LogP contribution in [-0.4, -0.2) is 35.8 Å². The molecule has 2 atom stereocenters. The first-order chi connectivity index (χ1) is 17.5. The maximum absolute atomic E-state index is 13.0. The molecule has 1 heterocycles. The molecule has 36 heavy (non-hydrogen) atoms. The summed E-state index contributed by atoms with van der Waals surface area (Å²) in [5.74, 6) is 0.219. The van der Waals surface area contributed by atoms with E-state index in [9.17, 15) is 14.9 Å². The average molecular weight is 488 g/mol. The minimum Gasteiger partial charge on any atom is -0.354 e. The number of aryl methyl sites for hydroxylation is 1. The molecule has 0 unspecified atom stereocenters. The summed E-state index contributed by atoms with van der Waals surface area (Å²) in [6.45, 7) is 5.49. The number of unbranched alkanes of at least 4 members (excludes halogenated alkanes) is 2. The van der Waals surface area contributed by atoms with Crippen molar-refractivity contribution < 1.29 is 9.59 Å². The van der Waals surface area contributed by atoms with Crippen LogP contribution in [0.25, 0.3) is 0 Å². The van der Waals surface area contributed by atoms with Crippen LogP contribution in [0.4, 0.5) is 0 Å². The quantitative estimate of drug-likeness (QED) is 0.363. The minimum absolute atomic E-state index is 0.0204. The van der Waals surface area contributed by atoms with Gasteiger partial charge in [0.1, 0.15) is 6.04 Å². The zero-order valence-electron chi connectivity index (χ0n) is 21.9. The highest BCUT2D eigenvalue weighted by molar-refractivity contribution is 5.88. The first-order valence-corrected chi connectivity index (χ1v) is 13.6. The number of carbonyl (C=O) groups is 2. The van der Waals surface area contributed by atoms with Crippen LogP contribution in [-0.2, 0) is 21.4 Å². The summed E-state index contributed by atoms with van der Waals surface area (Å²) in [6.07, 6.45) is 7.27. The summed E-state index contributed by atoms with van der Waals surface area (Å²) in [4.78, 5) is 27.5. The lowest BCUT2D eigenvalue weighted by atomic mass is 9.69. The van der Waals surface area contributed by atoms with Crippen LogP contribution in [0.15, 0.2) is 60.7 Å². The largest absolute Gasteiger partial charge is 0.354 e. The van der Waals surface area contributed by atoms with E-state index in [0.29, 0.717) is 19.5 Å². The van der Waals surface area contributed by atoms with Crippen molar-refractivity contribution in [1.29, 1.82) is 5.26 Å². The number of hydrogen-bond donors (Lipinski definition) is 1. The van der Waals surface area contributed by atoms with Gasteiger partial charge < -0.3 is 10.2 Å². The number of nitriles is 1. The molecule has 1 N–H and O–H groups in total. The van der Waals surface area contributed by atoms with Gasteiger partial charge in [-0.1, -0.05) is 80.9 Å². The number of nitrogens with zero attached hydrogens (tertiary/aromatic N) is 2. The van der Waals surface area contributed by atoms with Crippen LogP contribution < -0.4 is 5.32 Å².